The highest BCUT2D eigenvalue weighted by atomic mass is 35.5. The van der Waals surface area contributed by atoms with Crippen LogP contribution in [0, 0.1) is 6.92 Å². The molecule has 1 aromatic heterocycles. The molecule has 3 nitrogen and oxygen atoms in total. The van der Waals surface area contributed by atoms with Crippen molar-refractivity contribution in [2.24, 2.45) is 0 Å². The number of halogens is 5. The fourth-order valence-corrected chi connectivity index (χ4v) is 2.55. The quantitative estimate of drug-likeness (QED) is 0.800. The number of rotatable bonds is 2. The van der Waals surface area contributed by atoms with Gasteiger partial charge in [0.05, 0.1) is 21.3 Å². The molecule has 8 heteroatoms. The monoisotopic (exact) mass is 337 g/mol. The van der Waals surface area contributed by atoms with Crippen LogP contribution in [0.3, 0.4) is 0 Å². The van der Waals surface area contributed by atoms with E-state index in [1.54, 1.807) is 32.0 Å². The SMILES string of the molecule is Cc1cc(N(C)C)n(-c2c(Cl)cc(C(F)(F)F)cc2Cl)n1. The number of benzene rings is 1. The predicted molar refractivity (Wildman–Crippen MR) is 77.7 cm³/mol. The smallest absolute Gasteiger partial charge is 0.363 e. The minimum Gasteiger partial charge on any atom is -0.363 e. The van der Waals surface area contributed by atoms with Gasteiger partial charge in [-0.3, -0.25) is 0 Å². The van der Waals surface area contributed by atoms with E-state index in [2.05, 4.69) is 5.10 Å². The standard InChI is InChI=1S/C13H12Cl2F3N3/c1-7-4-11(20(2)3)21(19-7)12-9(14)5-8(6-10(12)15)13(16,17)18/h4-6H,1-3H3. The van der Waals surface area contributed by atoms with Crippen LogP contribution < -0.4 is 4.90 Å². The van der Waals surface area contributed by atoms with E-state index in [4.69, 9.17) is 23.2 Å². The molecule has 1 heterocycles. The number of alkyl halides is 3. The summed E-state index contributed by atoms with van der Waals surface area (Å²) in [5.74, 6) is 0.663. The van der Waals surface area contributed by atoms with Crippen molar-refractivity contribution >= 4 is 29.0 Å². The van der Waals surface area contributed by atoms with Crippen LogP contribution in [0.4, 0.5) is 19.0 Å². The molecule has 2 rings (SSSR count). The summed E-state index contributed by atoms with van der Waals surface area (Å²) in [6, 6.07) is 3.47. The van der Waals surface area contributed by atoms with Gasteiger partial charge in [-0.15, -0.1) is 0 Å². The van der Waals surface area contributed by atoms with E-state index < -0.39 is 11.7 Å². The lowest BCUT2D eigenvalue weighted by molar-refractivity contribution is -0.137. The van der Waals surface area contributed by atoms with Crippen molar-refractivity contribution < 1.29 is 13.2 Å². The summed E-state index contributed by atoms with van der Waals surface area (Å²) in [7, 11) is 3.58. The predicted octanol–water partition coefficient (Wildman–Crippen LogP) is 4.57. The van der Waals surface area contributed by atoms with E-state index in [0.717, 1.165) is 12.1 Å². The Bertz CT molecular complexity index is 655. The van der Waals surface area contributed by atoms with Crippen molar-refractivity contribution in [3.63, 3.8) is 0 Å². The summed E-state index contributed by atoms with van der Waals surface area (Å²) in [5, 5.41) is 4.02. The molecule has 0 fully saturated rings. The Balaban J connectivity index is 2.66. The van der Waals surface area contributed by atoms with Crippen molar-refractivity contribution in [1.29, 1.82) is 0 Å². The molecule has 21 heavy (non-hydrogen) atoms. The van der Waals surface area contributed by atoms with Gasteiger partial charge in [-0.25, -0.2) is 4.68 Å². The van der Waals surface area contributed by atoms with E-state index in [9.17, 15) is 13.2 Å². The third kappa shape index (κ3) is 3.11. The third-order valence-corrected chi connectivity index (χ3v) is 3.40. The lowest BCUT2D eigenvalue weighted by Crippen LogP contribution is -2.15. The highest BCUT2D eigenvalue weighted by molar-refractivity contribution is 6.37. The van der Waals surface area contributed by atoms with E-state index in [0.29, 0.717) is 11.5 Å². The largest absolute Gasteiger partial charge is 0.416 e. The van der Waals surface area contributed by atoms with Crippen LogP contribution in [-0.2, 0) is 6.18 Å². The first-order valence-corrected chi connectivity index (χ1v) is 6.67. The molecule has 0 radical (unpaired) electrons. The zero-order chi connectivity index (χ0) is 15.9. The molecule has 2 aromatic rings. The molecule has 0 unspecified atom stereocenters. The van der Waals surface area contributed by atoms with Crippen LogP contribution >= 0.6 is 23.2 Å². The Morgan fingerprint density at radius 2 is 1.62 bits per heavy atom. The second-order valence-electron chi connectivity index (χ2n) is 4.74. The fraction of sp³-hybridized carbons (Fsp3) is 0.308. The lowest BCUT2D eigenvalue weighted by atomic mass is 10.2. The Morgan fingerprint density at radius 1 is 1.10 bits per heavy atom. The summed E-state index contributed by atoms with van der Waals surface area (Å²) in [6.45, 7) is 1.77. The molecule has 0 bridgehead atoms. The normalized spacial score (nSPS) is 11.8. The minimum absolute atomic E-state index is 0.110. The van der Waals surface area contributed by atoms with E-state index in [1.807, 2.05) is 0 Å². The van der Waals surface area contributed by atoms with E-state index in [-0.39, 0.29) is 15.7 Å². The molecular formula is C13H12Cl2F3N3. The minimum atomic E-state index is -4.50. The second kappa shape index (κ2) is 5.42. The van der Waals surface area contributed by atoms with Crippen LogP contribution in [0.5, 0.6) is 0 Å². The van der Waals surface area contributed by atoms with Crippen molar-refractivity contribution in [3.05, 3.63) is 39.5 Å². The Hall–Kier alpha value is -1.40. The lowest BCUT2D eigenvalue weighted by Gasteiger charge is -2.17. The maximum absolute atomic E-state index is 12.7. The Kier molecular flexibility index (Phi) is 4.13. The highest BCUT2D eigenvalue weighted by Crippen LogP contribution is 2.38. The maximum Gasteiger partial charge on any atom is 0.416 e. The summed E-state index contributed by atoms with van der Waals surface area (Å²) in [5.41, 5.74) is 0.0328. The summed E-state index contributed by atoms with van der Waals surface area (Å²) in [4.78, 5) is 1.77. The first kappa shape index (κ1) is 16.0. The molecule has 1 aromatic carbocycles. The van der Waals surface area contributed by atoms with E-state index in [1.165, 1.54) is 4.68 Å². The van der Waals surface area contributed by atoms with Crippen LogP contribution in [0.1, 0.15) is 11.3 Å². The fourth-order valence-electron chi connectivity index (χ4n) is 1.90. The number of anilines is 1. The maximum atomic E-state index is 12.7. The van der Waals surface area contributed by atoms with Gasteiger partial charge in [-0.2, -0.15) is 18.3 Å². The zero-order valence-corrected chi connectivity index (χ0v) is 13.0. The first-order valence-electron chi connectivity index (χ1n) is 5.92. The van der Waals surface area contributed by atoms with Gasteiger partial charge in [0, 0.05) is 20.2 Å². The molecule has 0 aliphatic carbocycles. The van der Waals surface area contributed by atoms with Crippen molar-refractivity contribution in [2.75, 3.05) is 19.0 Å². The number of hydrogen-bond acceptors (Lipinski definition) is 2. The van der Waals surface area contributed by atoms with Crippen molar-refractivity contribution in [2.45, 2.75) is 13.1 Å². The first-order chi connectivity index (χ1) is 9.61. The van der Waals surface area contributed by atoms with Gasteiger partial charge in [-0.1, -0.05) is 23.2 Å². The second-order valence-corrected chi connectivity index (χ2v) is 5.55. The summed E-state index contributed by atoms with van der Waals surface area (Å²) in [6.07, 6.45) is -4.50. The summed E-state index contributed by atoms with van der Waals surface area (Å²) >= 11 is 12.0. The molecule has 0 saturated carbocycles. The van der Waals surface area contributed by atoms with Gasteiger partial charge >= 0.3 is 6.18 Å². The summed E-state index contributed by atoms with van der Waals surface area (Å²) < 4.78 is 39.7. The molecule has 0 N–H and O–H groups in total. The topological polar surface area (TPSA) is 21.1 Å². The van der Waals surface area contributed by atoms with Gasteiger partial charge < -0.3 is 4.90 Å². The van der Waals surface area contributed by atoms with Gasteiger partial charge in [0.1, 0.15) is 11.5 Å². The van der Waals surface area contributed by atoms with Crippen LogP contribution in [0.15, 0.2) is 18.2 Å². The van der Waals surface area contributed by atoms with E-state index >= 15 is 0 Å². The molecule has 0 aliphatic rings. The molecule has 114 valence electrons. The molecule has 0 amide bonds. The molecular weight excluding hydrogens is 326 g/mol. The van der Waals surface area contributed by atoms with Crippen LogP contribution in [-0.4, -0.2) is 23.9 Å². The molecule has 0 spiro atoms. The molecule has 0 atom stereocenters. The average molecular weight is 338 g/mol. The number of aryl methyl sites for hydroxylation is 1. The van der Waals surface area contributed by atoms with Crippen LogP contribution in [0.25, 0.3) is 5.69 Å². The Morgan fingerprint density at radius 3 is 2.05 bits per heavy atom. The number of nitrogens with zero attached hydrogens (tertiary/aromatic N) is 3. The number of hydrogen-bond donors (Lipinski definition) is 0. The molecule has 0 aliphatic heterocycles. The zero-order valence-electron chi connectivity index (χ0n) is 11.5. The van der Waals surface area contributed by atoms with Crippen molar-refractivity contribution in [1.82, 2.24) is 9.78 Å². The van der Waals surface area contributed by atoms with Gasteiger partial charge in [0.15, 0.2) is 0 Å². The van der Waals surface area contributed by atoms with Crippen LogP contribution in [0.2, 0.25) is 10.0 Å². The highest BCUT2D eigenvalue weighted by Gasteiger charge is 2.32. The van der Waals surface area contributed by atoms with Crippen molar-refractivity contribution in [3.8, 4) is 5.69 Å². The number of aromatic nitrogens is 2. The average Bonchev–Trinajstić information content (AvgIpc) is 2.69. The van der Waals surface area contributed by atoms with Gasteiger partial charge in [0.2, 0.25) is 0 Å². The third-order valence-electron chi connectivity index (χ3n) is 2.83. The van der Waals surface area contributed by atoms with Gasteiger partial charge in [-0.05, 0) is 19.1 Å². The Labute approximate surface area is 129 Å². The van der Waals surface area contributed by atoms with Gasteiger partial charge in [0.25, 0.3) is 0 Å². The molecule has 0 saturated heterocycles.